The summed E-state index contributed by atoms with van der Waals surface area (Å²) in [6.45, 7) is 4.75. The molecule has 2 heteroatoms. The Balaban J connectivity index is 1.08. The first-order chi connectivity index (χ1) is 26.0. The number of hydrogen-bond acceptors (Lipinski definition) is 2. The molecule has 0 nitrogen and oxygen atoms in total. The van der Waals surface area contributed by atoms with Crippen LogP contribution in [0.4, 0.5) is 0 Å². The highest BCUT2D eigenvalue weighted by Crippen LogP contribution is 2.52. The van der Waals surface area contributed by atoms with Crippen LogP contribution >= 0.6 is 22.7 Å². The minimum absolute atomic E-state index is 0.0532. The first-order valence-corrected chi connectivity index (χ1v) is 20.1. The summed E-state index contributed by atoms with van der Waals surface area (Å²) in [7, 11) is 0. The molecule has 2 aromatic heterocycles. The second-order valence-electron chi connectivity index (χ2n) is 15.2. The molecule has 0 fully saturated rings. The van der Waals surface area contributed by atoms with Crippen LogP contribution in [0.3, 0.4) is 0 Å². The SMILES string of the molecule is CC1(C)c2ccccc2-c2ccc(-c3c4ccccc4c(-c4ccc5c(c4)sc4ccc6cc7c(cc6c45)sc4ccccc47)c4ccccc34)cc21. The second kappa shape index (κ2) is 10.6. The lowest BCUT2D eigenvalue weighted by Gasteiger charge is -2.23. The van der Waals surface area contributed by atoms with Crippen LogP contribution in [0, 0.1) is 0 Å². The third-order valence-corrected chi connectivity index (χ3v) is 14.3. The monoisotopic (exact) mass is 708 g/mol. The molecule has 1 aliphatic rings. The van der Waals surface area contributed by atoms with Crippen molar-refractivity contribution in [3.63, 3.8) is 0 Å². The fourth-order valence-corrected chi connectivity index (χ4v) is 11.9. The summed E-state index contributed by atoms with van der Waals surface area (Å²) >= 11 is 3.82. The van der Waals surface area contributed by atoms with Gasteiger partial charge in [-0.2, -0.15) is 0 Å². The lowest BCUT2D eigenvalue weighted by Crippen LogP contribution is -2.14. The van der Waals surface area contributed by atoms with E-state index < -0.39 is 0 Å². The van der Waals surface area contributed by atoms with E-state index in [1.165, 1.54) is 117 Å². The third kappa shape index (κ3) is 4.05. The Labute approximate surface area is 315 Å². The molecule has 0 atom stereocenters. The highest BCUT2D eigenvalue weighted by molar-refractivity contribution is 7.26. The van der Waals surface area contributed by atoms with Gasteiger partial charge in [0.15, 0.2) is 0 Å². The van der Waals surface area contributed by atoms with Gasteiger partial charge in [0.05, 0.1) is 0 Å². The van der Waals surface area contributed by atoms with Gasteiger partial charge >= 0.3 is 0 Å². The summed E-state index contributed by atoms with van der Waals surface area (Å²) in [6.07, 6.45) is 0. The van der Waals surface area contributed by atoms with E-state index in [4.69, 9.17) is 0 Å². The van der Waals surface area contributed by atoms with Crippen molar-refractivity contribution in [3.8, 4) is 33.4 Å². The maximum absolute atomic E-state index is 2.48. The molecule has 0 saturated carbocycles. The van der Waals surface area contributed by atoms with Gasteiger partial charge < -0.3 is 0 Å². The highest BCUT2D eigenvalue weighted by Gasteiger charge is 2.35. The quantitative estimate of drug-likeness (QED) is 0.157. The van der Waals surface area contributed by atoms with Crippen molar-refractivity contribution < 1.29 is 0 Å². The molecule has 11 aromatic rings. The van der Waals surface area contributed by atoms with E-state index >= 15 is 0 Å². The molecule has 0 bridgehead atoms. The normalized spacial score (nSPS) is 13.6. The summed E-state index contributed by atoms with van der Waals surface area (Å²) < 4.78 is 5.39. The highest BCUT2D eigenvalue weighted by atomic mass is 32.1. The van der Waals surface area contributed by atoms with E-state index in [1.54, 1.807) is 0 Å². The fraction of sp³-hybridized carbons (Fsp3) is 0.0588. The predicted octanol–water partition coefficient (Wildman–Crippen LogP) is 15.5. The van der Waals surface area contributed by atoms with Crippen LogP contribution in [0.2, 0.25) is 0 Å². The zero-order valence-corrected chi connectivity index (χ0v) is 31.0. The number of rotatable bonds is 2. The molecule has 248 valence electrons. The smallest absolute Gasteiger partial charge is 0.0362 e. The zero-order chi connectivity index (χ0) is 35.0. The van der Waals surface area contributed by atoms with E-state index in [-0.39, 0.29) is 5.41 Å². The summed E-state index contributed by atoms with van der Waals surface area (Å²) in [5, 5.41) is 13.3. The summed E-state index contributed by atoms with van der Waals surface area (Å²) in [5.74, 6) is 0. The average molecular weight is 709 g/mol. The third-order valence-electron chi connectivity index (χ3n) is 12.0. The molecule has 0 amide bonds. The summed E-state index contributed by atoms with van der Waals surface area (Å²) in [4.78, 5) is 0. The van der Waals surface area contributed by atoms with Crippen molar-refractivity contribution >= 4 is 95.3 Å². The molecule has 0 N–H and O–H groups in total. The van der Waals surface area contributed by atoms with Crippen molar-refractivity contribution in [2.24, 2.45) is 0 Å². The Bertz CT molecular complexity index is 3310. The molecule has 0 aliphatic heterocycles. The Morgan fingerprint density at radius 3 is 1.70 bits per heavy atom. The van der Waals surface area contributed by atoms with Crippen LogP contribution in [0.1, 0.15) is 25.0 Å². The Morgan fingerprint density at radius 1 is 0.358 bits per heavy atom. The maximum Gasteiger partial charge on any atom is 0.0362 e. The van der Waals surface area contributed by atoms with Gasteiger partial charge in [-0.15, -0.1) is 22.7 Å². The van der Waals surface area contributed by atoms with E-state index in [9.17, 15) is 0 Å². The van der Waals surface area contributed by atoms with Crippen molar-refractivity contribution in [2.75, 3.05) is 0 Å². The summed E-state index contributed by atoms with van der Waals surface area (Å²) in [6, 6.07) is 59.7. The average Bonchev–Trinajstić information content (AvgIpc) is 3.83. The Kier molecular flexibility index (Phi) is 5.97. The van der Waals surface area contributed by atoms with Gasteiger partial charge in [-0.3, -0.25) is 0 Å². The number of benzene rings is 9. The molecule has 0 spiro atoms. The van der Waals surface area contributed by atoms with Gasteiger partial charge in [0.25, 0.3) is 0 Å². The van der Waals surface area contributed by atoms with E-state index in [2.05, 4.69) is 172 Å². The lowest BCUT2D eigenvalue weighted by molar-refractivity contribution is 0.660. The zero-order valence-electron chi connectivity index (χ0n) is 29.3. The van der Waals surface area contributed by atoms with Crippen LogP contribution in [-0.4, -0.2) is 0 Å². The molecule has 2 heterocycles. The topological polar surface area (TPSA) is 0 Å². The van der Waals surface area contributed by atoms with Crippen molar-refractivity contribution in [3.05, 3.63) is 169 Å². The van der Waals surface area contributed by atoms with E-state index in [0.717, 1.165) is 0 Å². The van der Waals surface area contributed by atoms with Crippen LogP contribution < -0.4 is 0 Å². The minimum Gasteiger partial charge on any atom is -0.135 e. The number of fused-ring (bicyclic) bond motifs is 13. The van der Waals surface area contributed by atoms with Crippen LogP contribution in [0.25, 0.3) is 106 Å². The van der Waals surface area contributed by atoms with Crippen molar-refractivity contribution in [1.29, 1.82) is 0 Å². The van der Waals surface area contributed by atoms with Gasteiger partial charge in [0, 0.05) is 45.8 Å². The molecule has 53 heavy (non-hydrogen) atoms. The van der Waals surface area contributed by atoms with Gasteiger partial charge in [-0.25, -0.2) is 0 Å². The van der Waals surface area contributed by atoms with E-state index in [0.29, 0.717) is 0 Å². The molecular weight excluding hydrogens is 677 g/mol. The minimum atomic E-state index is -0.0532. The van der Waals surface area contributed by atoms with Crippen molar-refractivity contribution in [1.82, 2.24) is 0 Å². The number of hydrogen-bond donors (Lipinski definition) is 0. The van der Waals surface area contributed by atoms with Gasteiger partial charge in [0.2, 0.25) is 0 Å². The molecular formula is C51H32S2. The molecule has 0 radical (unpaired) electrons. The Hall–Kier alpha value is -5.80. The fourth-order valence-electron chi connectivity index (χ4n) is 9.58. The van der Waals surface area contributed by atoms with Crippen LogP contribution in [-0.2, 0) is 5.41 Å². The second-order valence-corrected chi connectivity index (χ2v) is 17.4. The molecule has 0 saturated heterocycles. The molecule has 9 aromatic carbocycles. The Morgan fingerprint density at radius 2 is 0.943 bits per heavy atom. The summed E-state index contributed by atoms with van der Waals surface area (Å²) in [5.41, 5.74) is 10.7. The number of thiophene rings is 2. The van der Waals surface area contributed by atoms with Gasteiger partial charge in [0.1, 0.15) is 0 Å². The van der Waals surface area contributed by atoms with Crippen molar-refractivity contribution in [2.45, 2.75) is 19.3 Å². The van der Waals surface area contributed by atoms with E-state index in [1.807, 2.05) is 22.7 Å². The van der Waals surface area contributed by atoms with Gasteiger partial charge in [-0.05, 0) is 113 Å². The molecule has 0 unspecified atom stereocenters. The molecule has 1 aliphatic carbocycles. The standard InChI is InChI=1S/C51H32S2/c1-51(2)42-17-9-7-11-32(42)33-22-19-30(26-43(33)51)48-35-13-3-5-15-37(35)49(38-16-6-4-14-36(38)48)31-20-23-39-46(27-31)53-45-24-21-29-25-41-34-12-8-10-18-44(34)52-47(41)28-40(29)50(39)45/h3-28H,1-2H3. The first-order valence-electron chi connectivity index (χ1n) is 18.4. The van der Waals surface area contributed by atoms with Crippen LogP contribution in [0.15, 0.2) is 158 Å². The lowest BCUT2D eigenvalue weighted by atomic mass is 9.80. The predicted molar refractivity (Wildman–Crippen MR) is 233 cm³/mol. The van der Waals surface area contributed by atoms with Gasteiger partial charge in [-0.1, -0.05) is 135 Å². The first kappa shape index (κ1) is 29.7. The largest absolute Gasteiger partial charge is 0.135 e. The van der Waals surface area contributed by atoms with Crippen LogP contribution in [0.5, 0.6) is 0 Å². The maximum atomic E-state index is 2.48. The molecule has 12 rings (SSSR count).